The lowest BCUT2D eigenvalue weighted by molar-refractivity contribution is -0.449. The molecule has 1 aromatic rings. The molecule has 0 saturated carbocycles. The van der Waals surface area contributed by atoms with E-state index in [1.807, 2.05) is 0 Å². The number of hydrogen-bond acceptors (Lipinski definition) is 2. The summed E-state index contributed by atoms with van der Waals surface area (Å²) in [4.78, 5) is 9.29. The first-order valence-electron chi connectivity index (χ1n) is 6.28. The molecule has 15 heteroatoms. The molecule has 154 valence electrons. The van der Waals surface area contributed by atoms with E-state index >= 15 is 0 Å². The average molecular weight is 440 g/mol. The van der Waals surface area contributed by atoms with Crippen molar-refractivity contribution in [2.75, 3.05) is 0 Å². The van der Waals surface area contributed by atoms with Gasteiger partial charge >= 0.3 is 24.5 Å². The largest absolute Gasteiger partial charge is 0.454 e. The highest BCUT2D eigenvalue weighted by Gasteiger charge is 2.91. The van der Waals surface area contributed by atoms with Crippen LogP contribution >= 0.6 is 11.6 Å². The van der Waals surface area contributed by atoms with E-state index in [1.165, 1.54) is 0 Å². The van der Waals surface area contributed by atoms with Gasteiger partial charge in [-0.2, -0.15) is 48.3 Å². The molecule has 0 aromatic heterocycles. The summed E-state index contributed by atoms with van der Waals surface area (Å²) in [6.07, 6.45) is -21.7. The van der Waals surface area contributed by atoms with Crippen LogP contribution in [0.15, 0.2) is 24.3 Å². The van der Waals surface area contributed by atoms with E-state index in [9.17, 15) is 58.4 Å². The van der Waals surface area contributed by atoms with E-state index in [1.54, 1.807) is 0 Å². The minimum Gasteiger partial charge on any atom is -0.258 e. The Bertz CT molecular complexity index is 679. The lowest BCUT2D eigenvalue weighted by Crippen LogP contribution is -2.68. The van der Waals surface area contributed by atoms with Gasteiger partial charge in [0.2, 0.25) is 0 Å². The fourth-order valence-corrected chi connectivity index (χ4v) is 2.73. The van der Waals surface area contributed by atoms with Crippen LogP contribution in [0.3, 0.4) is 0 Å². The van der Waals surface area contributed by atoms with E-state index < -0.39 is 51.4 Å². The predicted octanol–water partition coefficient (Wildman–Crippen LogP) is 6.18. The summed E-state index contributed by atoms with van der Waals surface area (Å²) < 4.78 is 144. The Kier molecular flexibility index (Phi) is 5.70. The van der Waals surface area contributed by atoms with Gasteiger partial charge in [0.1, 0.15) is 0 Å². The van der Waals surface area contributed by atoms with Crippen LogP contribution in [0.25, 0.3) is 0 Å². The Morgan fingerprint density at radius 2 is 1.15 bits per heavy atom. The molecule has 0 N–H and O–H groups in total. The van der Waals surface area contributed by atoms with E-state index in [0.29, 0.717) is 12.1 Å². The monoisotopic (exact) mass is 439 g/mol. The minimum absolute atomic E-state index is 0.120. The van der Waals surface area contributed by atoms with Crippen LogP contribution in [0.4, 0.5) is 54.0 Å². The molecule has 0 spiro atoms. The van der Waals surface area contributed by atoms with Crippen molar-refractivity contribution >= 4 is 17.3 Å². The summed E-state index contributed by atoms with van der Waals surface area (Å²) >= 11 is 4.93. The Balaban J connectivity index is 3.85. The van der Waals surface area contributed by atoms with Crippen molar-refractivity contribution in [3.8, 4) is 0 Å². The third-order valence-corrected chi connectivity index (χ3v) is 4.10. The lowest BCUT2D eigenvalue weighted by atomic mass is 9.73. The van der Waals surface area contributed by atoms with Crippen LogP contribution in [-0.4, -0.2) is 29.4 Å². The fourth-order valence-electron chi connectivity index (χ4n) is 2.20. The summed E-state index contributed by atoms with van der Waals surface area (Å²) in [6, 6.07) is 0.838. The number of hydrogen-bond donors (Lipinski definition) is 0. The quantitative estimate of drug-likeness (QED) is 0.243. The molecular weight excluding hydrogens is 435 g/mol. The van der Waals surface area contributed by atoms with Crippen LogP contribution in [0, 0.1) is 15.5 Å². The molecule has 3 nitrogen and oxygen atoms in total. The summed E-state index contributed by atoms with van der Waals surface area (Å²) in [5, 5.41) is 6.41. The zero-order valence-electron chi connectivity index (χ0n) is 12.2. The highest BCUT2D eigenvalue weighted by molar-refractivity contribution is 6.21. The van der Waals surface area contributed by atoms with Crippen LogP contribution in [0.2, 0.25) is 0 Å². The van der Waals surface area contributed by atoms with Crippen LogP contribution in [-0.2, 0) is 0 Å². The maximum Gasteiger partial charge on any atom is 0.454 e. The molecule has 0 heterocycles. The molecule has 1 aromatic carbocycles. The van der Waals surface area contributed by atoms with Crippen molar-refractivity contribution in [1.82, 2.24) is 0 Å². The molecule has 0 fully saturated rings. The number of halogens is 12. The summed E-state index contributed by atoms with van der Waals surface area (Å²) in [5.74, 6) is -7.38. The lowest BCUT2D eigenvalue weighted by Gasteiger charge is -2.45. The van der Waals surface area contributed by atoms with E-state index in [-0.39, 0.29) is 12.1 Å². The van der Waals surface area contributed by atoms with E-state index in [0.717, 1.165) is 0 Å². The third-order valence-electron chi connectivity index (χ3n) is 3.52. The Morgan fingerprint density at radius 1 is 0.778 bits per heavy atom. The first-order valence-corrected chi connectivity index (χ1v) is 6.72. The molecule has 0 aliphatic heterocycles. The van der Waals surface area contributed by atoms with Gasteiger partial charge in [-0.05, 0) is 5.56 Å². The van der Waals surface area contributed by atoms with E-state index in [2.05, 4.69) is 0 Å². The molecular formula is C12H5ClF11NO2. The maximum absolute atomic E-state index is 13.6. The van der Waals surface area contributed by atoms with E-state index in [4.69, 9.17) is 11.6 Å². The summed E-state index contributed by atoms with van der Waals surface area (Å²) in [6.45, 7) is 0. The Labute approximate surface area is 146 Å². The average Bonchev–Trinajstić information content (AvgIpc) is 2.43. The smallest absolute Gasteiger partial charge is 0.258 e. The van der Waals surface area contributed by atoms with Gasteiger partial charge in [0.15, 0.2) is 0 Å². The topological polar surface area (TPSA) is 43.1 Å². The van der Waals surface area contributed by atoms with Crippen LogP contribution in [0.1, 0.15) is 10.9 Å². The molecule has 1 unspecified atom stereocenters. The van der Waals surface area contributed by atoms with Gasteiger partial charge in [0.25, 0.3) is 11.1 Å². The normalized spacial score (nSPS) is 15.6. The predicted molar refractivity (Wildman–Crippen MR) is 67.2 cm³/mol. The second-order valence-electron chi connectivity index (χ2n) is 5.09. The summed E-state index contributed by atoms with van der Waals surface area (Å²) in [5.41, 5.74) is -9.13. The minimum atomic E-state index is -7.38. The Hall–Kier alpha value is -1.86. The summed E-state index contributed by atoms with van der Waals surface area (Å²) in [7, 11) is 0. The van der Waals surface area contributed by atoms with Gasteiger partial charge in [-0.25, -0.2) is 0 Å². The standard InChI is InChI=1S/C12H5ClF11NO2/c13-7(5-1-3-6(4-2-5)25(26)27)8(10(16,17)18,11(19,20)21)9(14,15)12(22,23)24/h1-4,7H. The van der Waals surface area contributed by atoms with Gasteiger partial charge in [-0.3, -0.25) is 10.1 Å². The second kappa shape index (κ2) is 6.63. The highest BCUT2D eigenvalue weighted by Crippen LogP contribution is 2.69. The third kappa shape index (κ3) is 3.50. The van der Waals surface area contributed by atoms with Gasteiger partial charge in [0.05, 0.1) is 10.3 Å². The molecule has 0 saturated heterocycles. The van der Waals surface area contributed by atoms with Gasteiger partial charge in [-0.1, -0.05) is 12.1 Å². The number of nitrogens with zero attached hydrogens (tertiary/aromatic N) is 1. The molecule has 0 aliphatic carbocycles. The number of rotatable bonds is 4. The van der Waals surface area contributed by atoms with Crippen molar-refractivity contribution in [1.29, 1.82) is 0 Å². The maximum atomic E-state index is 13.6. The number of alkyl halides is 12. The van der Waals surface area contributed by atoms with Crippen molar-refractivity contribution in [2.45, 2.75) is 29.8 Å². The second-order valence-corrected chi connectivity index (χ2v) is 5.52. The SMILES string of the molecule is O=[N+]([O-])c1ccc(C(Cl)C(C(F)(F)F)(C(F)(F)F)C(F)(F)C(F)(F)F)cc1. The first-order chi connectivity index (χ1) is 11.8. The highest BCUT2D eigenvalue weighted by atomic mass is 35.5. The zero-order chi connectivity index (χ0) is 21.6. The number of nitro benzene ring substituents is 1. The molecule has 0 radical (unpaired) electrons. The van der Waals surface area contributed by atoms with Crippen molar-refractivity contribution < 1.29 is 53.2 Å². The van der Waals surface area contributed by atoms with Gasteiger partial charge in [-0.15, -0.1) is 11.6 Å². The molecule has 1 atom stereocenters. The Morgan fingerprint density at radius 3 is 1.41 bits per heavy atom. The number of nitro groups is 1. The van der Waals surface area contributed by atoms with Crippen molar-refractivity contribution in [3.63, 3.8) is 0 Å². The van der Waals surface area contributed by atoms with Crippen molar-refractivity contribution in [3.05, 3.63) is 39.9 Å². The zero-order valence-corrected chi connectivity index (χ0v) is 12.9. The number of non-ortho nitro benzene ring substituents is 1. The first kappa shape index (κ1) is 23.2. The molecule has 0 bridgehead atoms. The van der Waals surface area contributed by atoms with Gasteiger partial charge < -0.3 is 0 Å². The molecule has 0 amide bonds. The fraction of sp³-hybridized carbons (Fsp3) is 0.500. The van der Waals surface area contributed by atoms with Crippen molar-refractivity contribution in [2.24, 2.45) is 5.41 Å². The van der Waals surface area contributed by atoms with Gasteiger partial charge in [0, 0.05) is 12.1 Å². The van der Waals surface area contributed by atoms with Crippen LogP contribution < -0.4 is 0 Å². The number of benzene rings is 1. The molecule has 0 aliphatic rings. The molecule has 1 rings (SSSR count). The molecule has 27 heavy (non-hydrogen) atoms. The van der Waals surface area contributed by atoms with Crippen LogP contribution in [0.5, 0.6) is 0 Å².